The fraction of sp³-hybridized carbons (Fsp3) is 0.407. The number of carbonyl (C=O) groups is 1. The zero-order valence-electron chi connectivity index (χ0n) is 21.6. The highest BCUT2D eigenvalue weighted by atomic mass is 32.2. The van der Waals surface area contributed by atoms with E-state index >= 15 is 0 Å². The molecule has 192 valence electrons. The molecule has 0 spiro atoms. The molecule has 0 bridgehead atoms. The van der Waals surface area contributed by atoms with Crippen LogP contribution in [0.1, 0.15) is 38.3 Å². The second kappa shape index (κ2) is 13.2. The second-order valence-electron chi connectivity index (χ2n) is 8.47. The van der Waals surface area contributed by atoms with Crippen LogP contribution in [-0.2, 0) is 9.53 Å². The lowest BCUT2D eigenvalue weighted by Crippen LogP contribution is -2.37. The number of rotatable bonds is 10. The van der Waals surface area contributed by atoms with Gasteiger partial charge in [0.15, 0.2) is 5.82 Å². The quantitative estimate of drug-likeness (QED) is 0.210. The summed E-state index contributed by atoms with van der Waals surface area (Å²) in [5, 5.41) is 3.75. The lowest BCUT2D eigenvalue weighted by Gasteiger charge is -2.29. The molecule has 1 aliphatic heterocycles. The summed E-state index contributed by atoms with van der Waals surface area (Å²) < 4.78 is 5.56. The first-order chi connectivity index (χ1) is 17.4. The number of morpholine rings is 1. The molecule has 1 aliphatic rings. The predicted octanol–water partition coefficient (Wildman–Crippen LogP) is 4.42. The van der Waals surface area contributed by atoms with Crippen molar-refractivity contribution in [2.45, 2.75) is 39.1 Å². The van der Waals surface area contributed by atoms with E-state index in [0.29, 0.717) is 42.7 Å². The Hall–Kier alpha value is -3.17. The molecule has 3 N–H and O–H groups in total. The van der Waals surface area contributed by atoms with Gasteiger partial charge in [-0.1, -0.05) is 31.7 Å². The topological polar surface area (TPSA) is 106 Å². The monoisotopic (exact) mass is 508 g/mol. The third-order valence-corrected chi connectivity index (χ3v) is 6.90. The Kier molecular flexibility index (Phi) is 10.1. The summed E-state index contributed by atoms with van der Waals surface area (Å²) in [6.45, 7) is 15.2. The molecule has 36 heavy (non-hydrogen) atoms. The number of likely N-dealkylation sites (N-methyl/N-ethyl adjacent to an activating group) is 1. The van der Waals surface area contributed by atoms with Crippen molar-refractivity contribution in [3.63, 3.8) is 0 Å². The number of nitrogens with one attached hydrogen (secondary N) is 1. The normalized spacial score (nSPS) is 14.6. The number of nitrogens with zero attached hydrogens (tertiary/aromatic N) is 4. The van der Waals surface area contributed by atoms with Crippen LogP contribution < -0.4 is 16.0 Å². The number of nitrogen functional groups attached to an aromatic ring is 1. The molecule has 0 atom stereocenters. The minimum Gasteiger partial charge on any atom is -0.383 e. The molecule has 0 saturated carbocycles. The minimum absolute atomic E-state index is 0.0477. The SMILES string of the molecule is C=Cc1cc(-c2nc(SCC(=C/CC)/C=C(\C)C(=O)NCC)c(C)c(N3CCOCC3)n2)cnc1N. The summed E-state index contributed by atoms with van der Waals surface area (Å²) in [5.41, 5.74) is 10.3. The van der Waals surface area contributed by atoms with Crippen molar-refractivity contribution in [2.24, 2.45) is 0 Å². The number of nitrogens with two attached hydrogens (primary N) is 1. The highest BCUT2D eigenvalue weighted by molar-refractivity contribution is 7.99. The van der Waals surface area contributed by atoms with Crippen molar-refractivity contribution in [3.8, 4) is 11.4 Å². The van der Waals surface area contributed by atoms with Gasteiger partial charge >= 0.3 is 0 Å². The Morgan fingerprint density at radius 3 is 2.72 bits per heavy atom. The van der Waals surface area contributed by atoms with E-state index in [1.165, 1.54) is 0 Å². The molecular formula is C27H36N6O2S. The van der Waals surface area contributed by atoms with Gasteiger partial charge in [-0.3, -0.25) is 4.79 Å². The van der Waals surface area contributed by atoms with Gasteiger partial charge in [-0.2, -0.15) is 0 Å². The van der Waals surface area contributed by atoms with Crippen LogP contribution in [0.15, 0.2) is 47.2 Å². The van der Waals surface area contributed by atoms with E-state index in [1.54, 1.807) is 24.0 Å². The van der Waals surface area contributed by atoms with Crippen molar-refractivity contribution in [2.75, 3.05) is 49.2 Å². The number of allylic oxidation sites excluding steroid dienone is 2. The van der Waals surface area contributed by atoms with Crippen molar-refractivity contribution in [1.82, 2.24) is 20.3 Å². The van der Waals surface area contributed by atoms with E-state index < -0.39 is 0 Å². The number of thioether (sulfide) groups is 1. The highest BCUT2D eigenvalue weighted by Gasteiger charge is 2.20. The first-order valence-corrected chi connectivity index (χ1v) is 13.2. The van der Waals surface area contributed by atoms with Crippen LogP contribution >= 0.6 is 11.8 Å². The van der Waals surface area contributed by atoms with Gasteiger partial charge in [0.25, 0.3) is 0 Å². The first kappa shape index (κ1) is 27.4. The van der Waals surface area contributed by atoms with Crippen LogP contribution in [0, 0.1) is 6.92 Å². The van der Waals surface area contributed by atoms with Gasteiger partial charge in [0.05, 0.1) is 13.2 Å². The molecule has 1 fully saturated rings. The molecule has 1 saturated heterocycles. The molecule has 2 aromatic rings. The standard InChI is InChI=1S/C27H36N6O2S/c1-6-9-20(14-18(4)26(34)29-8-3)17-36-27-19(5)25(33-10-12-35-13-11-33)31-24(32-27)22-15-21(7-2)23(28)30-16-22/h7,9,14-16H,2,6,8,10-13,17H2,1,3-5H3,(H2,28,30)(H,29,34)/b18-14+,20-9+. The highest BCUT2D eigenvalue weighted by Crippen LogP contribution is 2.32. The van der Waals surface area contributed by atoms with Crippen LogP contribution in [0.2, 0.25) is 0 Å². The maximum absolute atomic E-state index is 12.2. The summed E-state index contributed by atoms with van der Waals surface area (Å²) in [4.78, 5) is 28.7. The van der Waals surface area contributed by atoms with E-state index in [0.717, 1.165) is 52.6 Å². The zero-order valence-corrected chi connectivity index (χ0v) is 22.5. The average Bonchev–Trinajstić information content (AvgIpc) is 2.89. The lowest BCUT2D eigenvalue weighted by molar-refractivity contribution is -0.117. The summed E-state index contributed by atoms with van der Waals surface area (Å²) in [6, 6.07) is 1.92. The second-order valence-corrected chi connectivity index (χ2v) is 9.43. The van der Waals surface area contributed by atoms with Gasteiger partial charge < -0.3 is 20.7 Å². The van der Waals surface area contributed by atoms with Crippen molar-refractivity contribution >= 4 is 35.4 Å². The number of ether oxygens (including phenoxy) is 1. The van der Waals surface area contributed by atoms with Crippen LogP contribution in [-0.4, -0.2) is 59.5 Å². The Bertz CT molecular complexity index is 1160. The maximum atomic E-state index is 12.2. The van der Waals surface area contributed by atoms with Crippen LogP contribution in [0.25, 0.3) is 17.5 Å². The van der Waals surface area contributed by atoms with Gasteiger partial charge in [-0.05, 0) is 38.8 Å². The Morgan fingerprint density at radius 2 is 2.06 bits per heavy atom. The Morgan fingerprint density at radius 1 is 1.31 bits per heavy atom. The summed E-state index contributed by atoms with van der Waals surface area (Å²) in [6.07, 6.45) is 8.37. The number of aromatic nitrogens is 3. The number of carbonyl (C=O) groups excluding carboxylic acids is 1. The number of amides is 1. The Balaban J connectivity index is 1.98. The summed E-state index contributed by atoms with van der Waals surface area (Å²) in [7, 11) is 0. The molecule has 2 aromatic heterocycles. The zero-order chi connectivity index (χ0) is 26.1. The third kappa shape index (κ3) is 6.95. The minimum atomic E-state index is -0.0477. The van der Waals surface area contributed by atoms with Crippen molar-refractivity contribution < 1.29 is 9.53 Å². The predicted molar refractivity (Wildman–Crippen MR) is 149 cm³/mol. The molecule has 3 rings (SSSR count). The number of hydrogen-bond acceptors (Lipinski definition) is 8. The Labute approximate surface area is 218 Å². The number of pyridine rings is 1. The van der Waals surface area contributed by atoms with Crippen LogP contribution in [0.5, 0.6) is 0 Å². The van der Waals surface area contributed by atoms with Crippen LogP contribution in [0.4, 0.5) is 11.6 Å². The van der Waals surface area contributed by atoms with Crippen LogP contribution in [0.3, 0.4) is 0 Å². The van der Waals surface area contributed by atoms with Gasteiger partial charge in [0.2, 0.25) is 5.91 Å². The molecule has 3 heterocycles. The summed E-state index contributed by atoms with van der Waals surface area (Å²) in [5.74, 6) is 2.55. The van der Waals surface area contributed by atoms with Gasteiger partial charge in [-0.25, -0.2) is 15.0 Å². The molecule has 0 aromatic carbocycles. The van der Waals surface area contributed by atoms with E-state index in [1.807, 2.05) is 26.0 Å². The molecule has 0 aliphatic carbocycles. The van der Waals surface area contributed by atoms with Gasteiger partial charge in [-0.15, -0.1) is 11.8 Å². The lowest BCUT2D eigenvalue weighted by atomic mass is 10.1. The molecule has 0 unspecified atom stereocenters. The van der Waals surface area contributed by atoms with Gasteiger partial charge in [0.1, 0.15) is 16.7 Å². The molecule has 9 heteroatoms. The number of hydrogen-bond donors (Lipinski definition) is 2. The first-order valence-electron chi connectivity index (χ1n) is 12.3. The smallest absolute Gasteiger partial charge is 0.246 e. The average molecular weight is 509 g/mol. The van der Waals surface area contributed by atoms with E-state index in [-0.39, 0.29) is 5.91 Å². The van der Waals surface area contributed by atoms with E-state index in [2.05, 4.69) is 41.7 Å². The molecule has 1 amide bonds. The molecule has 0 radical (unpaired) electrons. The largest absolute Gasteiger partial charge is 0.383 e. The fourth-order valence-electron chi connectivity index (χ4n) is 3.83. The number of anilines is 2. The third-order valence-electron chi connectivity index (χ3n) is 5.75. The van der Waals surface area contributed by atoms with Crippen molar-refractivity contribution in [3.05, 3.63) is 53.3 Å². The molecular weight excluding hydrogens is 472 g/mol. The van der Waals surface area contributed by atoms with E-state index in [9.17, 15) is 4.79 Å². The molecule has 8 nitrogen and oxygen atoms in total. The van der Waals surface area contributed by atoms with Gasteiger partial charge in [0, 0.05) is 53.8 Å². The maximum Gasteiger partial charge on any atom is 0.246 e. The summed E-state index contributed by atoms with van der Waals surface area (Å²) >= 11 is 1.64. The van der Waals surface area contributed by atoms with E-state index in [4.69, 9.17) is 20.4 Å². The van der Waals surface area contributed by atoms with Crippen molar-refractivity contribution in [1.29, 1.82) is 0 Å². The fourth-order valence-corrected chi connectivity index (χ4v) is 4.80.